The molecule has 0 aliphatic rings. The van der Waals surface area contributed by atoms with Gasteiger partial charge in [-0.2, -0.15) is 5.10 Å². The van der Waals surface area contributed by atoms with Gasteiger partial charge in [-0.25, -0.2) is 9.78 Å². The van der Waals surface area contributed by atoms with Crippen molar-refractivity contribution in [2.24, 2.45) is 7.05 Å². The number of pyridine rings is 1. The highest BCUT2D eigenvalue weighted by Gasteiger charge is 2.13. The van der Waals surface area contributed by atoms with Crippen LogP contribution in [0.15, 0.2) is 24.5 Å². The van der Waals surface area contributed by atoms with Crippen molar-refractivity contribution in [2.75, 3.05) is 13.2 Å². The summed E-state index contributed by atoms with van der Waals surface area (Å²) < 4.78 is 7.13. The SMILES string of the molecule is Cc1nn(C)cc1[C@H](C)NC(=O)NCCOc1ccc(Cl)cn1. The summed E-state index contributed by atoms with van der Waals surface area (Å²) in [5.74, 6) is 0.468. The first-order valence-corrected chi connectivity index (χ1v) is 7.62. The Morgan fingerprint density at radius 2 is 2.26 bits per heavy atom. The predicted octanol–water partition coefficient (Wildman–Crippen LogP) is 2.22. The average Bonchev–Trinajstić information content (AvgIpc) is 2.84. The Hall–Kier alpha value is -2.28. The molecular formula is C15H20ClN5O2. The van der Waals surface area contributed by atoms with Gasteiger partial charge in [-0.1, -0.05) is 11.6 Å². The van der Waals surface area contributed by atoms with E-state index >= 15 is 0 Å². The van der Waals surface area contributed by atoms with Crippen LogP contribution in [0.2, 0.25) is 5.02 Å². The fourth-order valence-corrected chi connectivity index (χ4v) is 2.25. The first-order chi connectivity index (χ1) is 11.0. The molecule has 2 heterocycles. The molecule has 23 heavy (non-hydrogen) atoms. The number of amides is 2. The summed E-state index contributed by atoms with van der Waals surface area (Å²) in [4.78, 5) is 15.9. The Morgan fingerprint density at radius 3 is 2.87 bits per heavy atom. The van der Waals surface area contributed by atoms with Crippen molar-refractivity contribution in [3.05, 3.63) is 40.8 Å². The van der Waals surface area contributed by atoms with Gasteiger partial charge in [-0.15, -0.1) is 0 Å². The number of urea groups is 1. The number of hydrogen-bond acceptors (Lipinski definition) is 4. The number of hydrogen-bond donors (Lipinski definition) is 2. The van der Waals surface area contributed by atoms with Gasteiger partial charge in [0.15, 0.2) is 0 Å². The monoisotopic (exact) mass is 337 g/mol. The largest absolute Gasteiger partial charge is 0.476 e. The molecule has 8 heteroatoms. The van der Waals surface area contributed by atoms with E-state index in [1.54, 1.807) is 16.8 Å². The van der Waals surface area contributed by atoms with Crippen molar-refractivity contribution < 1.29 is 9.53 Å². The van der Waals surface area contributed by atoms with Crippen LogP contribution >= 0.6 is 11.6 Å². The normalized spacial score (nSPS) is 11.8. The molecule has 0 unspecified atom stereocenters. The predicted molar refractivity (Wildman–Crippen MR) is 87.6 cm³/mol. The Kier molecular flexibility index (Phi) is 5.81. The number of aryl methyl sites for hydroxylation is 2. The lowest BCUT2D eigenvalue weighted by molar-refractivity contribution is 0.233. The van der Waals surface area contributed by atoms with Crippen LogP contribution in [0.1, 0.15) is 24.2 Å². The third-order valence-corrected chi connectivity index (χ3v) is 3.43. The van der Waals surface area contributed by atoms with Crippen LogP contribution in [0, 0.1) is 6.92 Å². The third-order valence-electron chi connectivity index (χ3n) is 3.20. The standard InChI is InChI=1S/C15H20ClN5O2/c1-10(13-9-21(3)20-11(13)2)19-15(22)17-6-7-23-14-5-4-12(16)8-18-14/h4-5,8-10H,6-7H2,1-3H3,(H2,17,19,22)/t10-/m0/s1. The number of aromatic nitrogens is 3. The summed E-state index contributed by atoms with van der Waals surface area (Å²) >= 11 is 5.74. The highest BCUT2D eigenvalue weighted by molar-refractivity contribution is 6.30. The Labute approximate surface area is 140 Å². The molecule has 0 fully saturated rings. The zero-order valence-corrected chi connectivity index (χ0v) is 14.1. The second-order valence-electron chi connectivity index (χ2n) is 5.13. The van der Waals surface area contributed by atoms with Gasteiger partial charge in [0.25, 0.3) is 0 Å². The lowest BCUT2D eigenvalue weighted by atomic mass is 10.1. The first kappa shape index (κ1) is 17.1. The smallest absolute Gasteiger partial charge is 0.315 e. The second-order valence-corrected chi connectivity index (χ2v) is 5.56. The quantitative estimate of drug-likeness (QED) is 0.792. The highest BCUT2D eigenvalue weighted by atomic mass is 35.5. The zero-order valence-electron chi connectivity index (χ0n) is 13.3. The lowest BCUT2D eigenvalue weighted by Gasteiger charge is -2.14. The van der Waals surface area contributed by atoms with Crippen LogP contribution < -0.4 is 15.4 Å². The summed E-state index contributed by atoms with van der Waals surface area (Å²) in [5, 5.41) is 10.4. The van der Waals surface area contributed by atoms with Crippen molar-refractivity contribution in [3.63, 3.8) is 0 Å². The summed E-state index contributed by atoms with van der Waals surface area (Å²) in [5.41, 5.74) is 1.89. The van der Waals surface area contributed by atoms with Gasteiger partial charge >= 0.3 is 6.03 Å². The van der Waals surface area contributed by atoms with Gasteiger partial charge in [-0.3, -0.25) is 4.68 Å². The van der Waals surface area contributed by atoms with Gasteiger partial charge in [0.2, 0.25) is 5.88 Å². The van der Waals surface area contributed by atoms with Crippen LogP contribution in [-0.4, -0.2) is 33.9 Å². The van der Waals surface area contributed by atoms with Crippen molar-refractivity contribution >= 4 is 17.6 Å². The number of nitrogens with zero attached hydrogens (tertiary/aromatic N) is 3. The molecular weight excluding hydrogens is 318 g/mol. The highest BCUT2D eigenvalue weighted by Crippen LogP contribution is 2.15. The Balaban J connectivity index is 1.70. The van der Waals surface area contributed by atoms with E-state index in [1.807, 2.05) is 27.1 Å². The third kappa shape index (κ3) is 5.14. The van der Waals surface area contributed by atoms with Crippen LogP contribution in [-0.2, 0) is 7.05 Å². The molecule has 0 radical (unpaired) electrons. The molecule has 1 atom stereocenters. The van der Waals surface area contributed by atoms with E-state index in [1.165, 1.54) is 6.20 Å². The maximum Gasteiger partial charge on any atom is 0.315 e. The topological polar surface area (TPSA) is 81.1 Å². The van der Waals surface area contributed by atoms with Crippen LogP contribution in [0.3, 0.4) is 0 Å². The fraction of sp³-hybridized carbons (Fsp3) is 0.400. The molecule has 0 spiro atoms. The van der Waals surface area contributed by atoms with Crippen LogP contribution in [0.5, 0.6) is 5.88 Å². The van der Waals surface area contributed by atoms with Crippen molar-refractivity contribution in [3.8, 4) is 5.88 Å². The number of ether oxygens (including phenoxy) is 1. The van der Waals surface area contributed by atoms with Crippen molar-refractivity contribution in [1.82, 2.24) is 25.4 Å². The zero-order chi connectivity index (χ0) is 16.8. The Bertz CT molecular complexity index is 656. The van der Waals surface area contributed by atoms with E-state index in [0.717, 1.165) is 11.3 Å². The van der Waals surface area contributed by atoms with E-state index in [9.17, 15) is 4.79 Å². The molecule has 2 aromatic heterocycles. The van der Waals surface area contributed by atoms with Gasteiger partial charge in [0.1, 0.15) is 6.61 Å². The van der Waals surface area contributed by atoms with Gasteiger partial charge in [0.05, 0.1) is 23.3 Å². The molecule has 0 aromatic carbocycles. The lowest BCUT2D eigenvalue weighted by Crippen LogP contribution is -2.39. The Morgan fingerprint density at radius 1 is 1.48 bits per heavy atom. The molecule has 0 saturated heterocycles. The second kappa shape index (κ2) is 7.82. The molecule has 2 amide bonds. The molecule has 0 aliphatic carbocycles. The minimum Gasteiger partial charge on any atom is -0.476 e. The maximum atomic E-state index is 11.9. The van der Waals surface area contributed by atoms with E-state index in [-0.39, 0.29) is 12.1 Å². The molecule has 124 valence electrons. The minimum absolute atomic E-state index is 0.123. The summed E-state index contributed by atoms with van der Waals surface area (Å²) in [6.45, 7) is 4.52. The van der Waals surface area contributed by atoms with Crippen LogP contribution in [0.4, 0.5) is 4.79 Å². The van der Waals surface area contributed by atoms with Gasteiger partial charge in [-0.05, 0) is 19.9 Å². The summed E-state index contributed by atoms with van der Waals surface area (Å²) in [6, 6.07) is 2.99. The minimum atomic E-state index is -0.256. The van der Waals surface area contributed by atoms with Crippen molar-refractivity contribution in [1.29, 1.82) is 0 Å². The molecule has 2 aromatic rings. The maximum absolute atomic E-state index is 11.9. The van der Waals surface area contributed by atoms with Crippen LogP contribution in [0.25, 0.3) is 0 Å². The van der Waals surface area contributed by atoms with Crippen molar-refractivity contribution in [2.45, 2.75) is 19.9 Å². The molecule has 7 nitrogen and oxygen atoms in total. The number of carbonyl (C=O) groups excluding carboxylic acids is 1. The first-order valence-electron chi connectivity index (χ1n) is 7.24. The van der Waals surface area contributed by atoms with E-state index < -0.39 is 0 Å². The van der Waals surface area contributed by atoms with E-state index in [4.69, 9.17) is 16.3 Å². The van der Waals surface area contributed by atoms with Gasteiger partial charge < -0.3 is 15.4 Å². The molecule has 2 rings (SSSR count). The molecule has 0 bridgehead atoms. The number of rotatable bonds is 6. The average molecular weight is 338 g/mol. The van der Waals surface area contributed by atoms with E-state index in [2.05, 4.69) is 20.7 Å². The molecule has 0 aliphatic heterocycles. The fourth-order valence-electron chi connectivity index (χ4n) is 2.14. The number of carbonyl (C=O) groups is 1. The molecule has 0 saturated carbocycles. The summed E-state index contributed by atoms with van der Waals surface area (Å²) in [7, 11) is 1.85. The summed E-state index contributed by atoms with van der Waals surface area (Å²) in [6.07, 6.45) is 3.41. The number of halogens is 1. The van der Waals surface area contributed by atoms with E-state index in [0.29, 0.717) is 24.1 Å². The number of nitrogens with one attached hydrogen (secondary N) is 2. The van der Waals surface area contributed by atoms with Gasteiger partial charge in [0, 0.05) is 31.1 Å². The molecule has 2 N–H and O–H groups in total.